The first-order chi connectivity index (χ1) is 13.5. The standard InChI is InChI=1S/C12H15NO.C10H15N3O/c1-10-4-6-11(7-5-10)9-13-8-2-3-12(13)14;1-8-6-9(14)7-12-10(8)13-4-2-11-3-5-13/h4-7H,2-3,8-9H2,1H3;6-7,11,14H,2-5H2,1H3. The summed E-state index contributed by atoms with van der Waals surface area (Å²) in [5, 5.41) is 12.5. The summed E-state index contributed by atoms with van der Waals surface area (Å²) < 4.78 is 0. The van der Waals surface area contributed by atoms with Gasteiger partial charge in [0.2, 0.25) is 5.91 Å². The van der Waals surface area contributed by atoms with Gasteiger partial charge in [-0.1, -0.05) is 29.8 Å². The second-order valence-electron chi connectivity index (χ2n) is 7.48. The van der Waals surface area contributed by atoms with E-state index in [0.717, 1.165) is 63.5 Å². The summed E-state index contributed by atoms with van der Waals surface area (Å²) in [7, 11) is 0. The van der Waals surface area contributed by atoms with Gasteiger partial charge >= 0.3 is 0 Å². The van der Waals surface area contributed by atoms with E-state index in [0.29, 0.717) is 5.91 Å². The van der Waals surface area contributed by atoms with Crippen LogP contribution in [-0.4, -0.2) is 53.6 Å². The van der Waals surface area contributed by atoms with Crippen LogP contribution in [0.3, 0.4) is 0 Å². The number of aromatic nitrogens is 1. The third-order valence-corrected chi connectivity index (χ3v) is 5.12. The Hall–Kier alpha value is -2.60. The summed E-state index contributed by atoms with van der Waals surface area (Å²) in [6.07, 6.45) is 3.25. The van der Waals surface area contributed by atoms with Crippen LogP contribution in [0.5, 0.6) is 5.75 Å². The number of aromatic hydroxyl groups is 1. The summed E-state index contributed by atoms with van der Waals surface area (Å²) in [5.74, 6) is 1.52. The predicted molar refractivity (Wildman–Crippen MR) is 112 cm³/mol. The average molecular weight is 383 g/mol. The number of rotatable bonds is 3. The minimum Gasteiger partial charge on any atom is -0.506 e. The molecule has 2 aliphatic rings. The highest BCUT2D eigenvalue weighted by Gasteiger charge is 2.19. The fourth-order valence-electron chi connectivity index (χ4n) is 3.55. The van der Waals surface area contributed by atoms with Crippen molar-refractivity contribution >= 4 is 11.7 Å². The second kappa shape index (κ2) is 9.55. The quantitative estimate of drug-likeness (QED) is 0.854. The number of benzene rings is 1. The van der Waals surface area contributed by atoms with Crippen molar-refractivity contribution in [3.05, 3.63) is 53.2 Å². The highest BCUT2D eigenvalue weighted by atomic mass is 16.3. The summed E-state index contributed by atoms with van der Waals surface area (Å²) in [6.45, 7) is 9.72. The van der Waals surface area contributed by atoms with Gasteiger partial charge in [-0.3, -0.25) is 4.79 Å². The SMILES string of the molecule is Cc1cc(O)cnc1N1CCNCC1.Cc1ccc(CN2CCCC2=O)cc1. The zero-order valence-electron chi connectivity index (χ0n) is 16.8. The minimum atomic E-state index is 0.237. The van der Waals surface area contributed by atoms with Crippen molar-refractivity contribution in [1.82, 2.24) is 15.2 Å². The van der Waals surface area contributed by atoms with Gasteiger partial charge in [0.15, 0.2) is 0 Å². The van der Waals surface area contributed by atoms with E-state index in [1.807, 2.05) is 11.8 Å². The van der Waals surface area contributed by atoms with Gasteiger partial charge in [0, 0.05) is 45.7 Å². The molecule has 6 heteroatoms. The van der Waals surface area contributed by atoms with Crippen LogP contribution in [0.4, 0.5) is 5.82 Å². The summed E-state index contributed by atoms with van der Waals surface area (Å²) in [6, 6.07) is 10.1. The van der Waals surface area contributed by atoms with E-state index < -0.39 is 0 Å². The monoisotopic (exact) mass is 382 g/mol. The van der Waals surface area contributed by atoms with E-state index in [2.05, 4.69) is 46.4 Å². The van der Waals surface area contributed by atoms with Crippen LogP contribution in [0, 0.1) is 13.8 Å². The molecule has 2 aromatic rings. The Morgan fingerprint density at radius 1 is 1.11 bits per heavy atom. The lowest BCUT2D eigenvalue weighted by atomic mass is 10.1. The lowest BCUT2D eigenvalue weighted by Crippen LogP contribution is -2.44. The first kappa shape index (κ1) is 20.1. The fourth-order valence-corrected chi connectivity index (χ4v) is 3.55. The Kier molecular flexibility index (Phi) is 6.87. The third kappa shape index (κ3) is 5.45. The average Bonchev–Trinajstić information content (AvgIpc) is 3.09. The van der Waals surface area contributed by atoms with E-state index in [1.165, 1.54) is 17.3 Å². The third-order valence-electron chi connectivity index (χ3n) is 5.12. The molecule has 0 atom stereocenters. The molecule has 2 saturated heterocycles. The Balaban J connectivity index is 0.000000161. The van der Waals surface area contributed by atoms with Gasteiger partial charge < -0.3 is 20.2 Å². The Morgan fingerprint density at radius 3 is 2.43 bits per heavy atom. The van der Waals surface area contributed by atoms with E-state index in [1.54, 1.807) is 6.07 Å². The molecule has 2 fully saturated rings. The van der Waals surface area contributed by atoms with Gasteiger partial charge in [-0.15, -0.1) is 0 Å². The molecule has 0 unspecified atom stereocenters. The topological polar surface area (TPSA) is 68.7 Å². The molecule has 2 aliphatic heterocycles. The maximum Gasteiger partial charge on any atom is 0.222 e. The van der Waals surface area contributed by atoms with Crippen LogP contribution in [0.15, 0.2) is 36.5 Å². The summed E-state index contributed by atoms with van der Waals surface area (Å²) in [5.41, 5.74) is 3.53. The largest absolute Gasteiger partial charge is 0.506 e. The van der Waals surface area contributed by atoms with Crippen LogP contribution in [0.1, 0.15) is 29.5 Å². The molecule has 0 spiro atoms. The fraction of sp³-hybridized carbons (Fsp3) is 0.455. The van der Waals surface area contributed by atoms with Gasteiger partial charge in [0.25, 0.3) is 0 Å². The van der Waals surface area contributed by atoms with Gasteiger partial charge in [0.05, 0.1) is 6.20 Å². The molecule has 1 aromatic carbocycles. The molecule has 150 valence electrons. The number of carbonyl (C=O) groups is 1. The number of nitrogens with zero attached hydrogens (tertiary/aromatic N) is 3. The highest BCUT2D eigenvalue weighted by molar-refractivity contribution is 5.78. The van der Waals surface area contributed by atoms with E-state index >= 15 is 0 Å². The number of likely N-dealkylation sites (tertiary alicyclic amines) is 1. The summed E-state index contributed by atoms with van der Waals surface area (Å²) >= 11 is 0. The maximum absolute atomic E-state index is 11.4. The maximum atomic E-state index is 11.4. The van der Waals surface area contributed by atoms with Crippen molar-refractivity contribution in [3.63, 3.8) is 0 Å². The highest BCUT2D eigenvalue weighted by Crippen LogP contribution is 2.20. The molecular formula is C22H30N4O2. The van der Waals surface area contributed by atoms with Gasteiger partial charge in [0.1, 0.15) is 11.6 Å². The number of aryl methyl sites for hydroxylation is 2. The first-order valence-corrected chi connectivity index (χ1v) is 9.97. The van der Waals surface area contributed by atoms with Gasteiger partial charge in [-0.05, 0) is 37.5 Å². The number of hydrogen-bond acceptors (Lipinski definition) is 5. The molecule has 0 saturated carbocycles. The van der Waals surface area contributed by atoms with Crippen molar-refractivity contribution in [3.8, 4) is 5.75 Å². The van der Waals surface area contributed by atoms with Crippen molar-refractivity contribution in [2.45, 2.75) is 33.2 Å². The normalized spacial score (nSPS) is 16.7. The zero-order valence-corrected chi connectivity index (χ0v) is 16.8. The van der Waals surface area contributed by atoms with E-state index in [4.69, 9.17) is 0 Å². The van der Waals surface area contributed by atoms with Crippen molar-refractivity contribution in [1.29, 1.82) is 0 Å². The van der Waals surface area contributed by atoms with Crippen LogP contribution in [0.2, 0.25) is 0 Å². The van der Waals surface area contributed by atoms with Crippen LogP contribution < -0.4 is 10.2 Å². The molecule has 1 amide bonds. The molecule has 28 heavy (non-hydrogen) atoms. The van der Waals surface area contributed by atoms with Gasteiger partial charge in [-0.25, -0.2) is 4.98 Å². The molecule has 0 radical (unpaired) electrons. The first-order valence-electron chi connectivity index (χ1n) is 9.97. The number of carbonyl (C=O) groups excluding carboxylic acids is 1. The van der Waals surface area contributed by atoms with E-state index in [-0.39, 0.29) is 5.75 Å². The number of nitrogens with one attached hydrogen (secondary N) is 1. The second-order valence-corrected chi connectivity index (χ2v) is 7.48. The Labute approximate surface area is 167 Å². The molecule has 6 nitrogen and oxygen atoms in total. The lowest BCUT2D eigenvalue weighted by Gasteiger charge is -2.29. The zero-order chi connectivity index (χ0) is 19.9. The number of anilines is 1. The molecule has 1 aromatic heterocycles. The van der Waals surface area contributed by atoms with Crippen LogP contribution >= 0.6 is 0 Å². The van der Waals surface area contributed by atoms with E-state index in [9.17, 15) is 9.90 Å². The van der Waals surface area contributed by atoms with Crippen LogP contribution in [-0.2, 0) is 11.3 Å². The molecule has 2 N–H and O–H groups in total. The smallest absolute Gasteiger partial charge is 0.222 e. The molecule has 3 heterocycles. The Morgan fingerprint density at radius 2 is 1.82 bits per heavy atom. The number of amides is 1. The number of hydrogen-bond donors (Lipinski definition) is 2. The van der Waals surface area contributed by atoms with Crippen molar-refractivity contribution in [2.75, 3.05) is 37.6 Å². The number of piperazine rings is 1. The Bertz CT molecular complexity index is 786. The predicted octanol–water partition coefficient (Wildman–Crippen LogP) is 2.62. The lowest BCUT2D eigenvalue weighted by molar-refractivity contribution is -0.128. The molecule has 0 aliphatic carbocycles. The summed E-state index contributed by atoms with van der Waals surface area (Å²) in [4.78, 5) is 19.8. The molecular weight excluding hydrogens is 352 g/mol. The molecule has 0 bridgehead atoms. The minimum absolute atomic E-state index is 0.237. The van der Waals surface area contributed by atoms with Gasteiger partial charge in [-0.2, -0.15) is 0 Å². The number of pyridine rings is 1. The van der Waals surface area contributed by atoms with Crippen molar-refractivity contribution in [2.24, 2.45) is 0 Å². The van der Waals surface area contributed by atoms with Crippen LogP contribution in [0.25, 0.3) is 0 Å². The molecule has 4 rings (SSSR count). The van der Waals surface area contributed by atoms with Crippen molar-refractivity contribution < 1.29 is 9.90 Å².